The van der Waals surface area contributed by atoms with Gasteiger partial charge in [-0.3, -0.25) is 24.0 Å². The number of hydrogen-bond acceptors (Lipinski definition) is 8. The highest BCUT2D eigenvalue weighted by Crippen LogP contribution is 2.19. The highest BCUT2D eigenvalue weighted by atomic mass is 16.4. The summed E-state index contributed by atoms with van der Waals surface area (Å²) in [7, 11) is 0. The summed E-state index contributed by atoms with van der Waals surface area (Å²) in [5.74, 6) is -7.00. The molecular formula is C19H31N5O9. The number of carboxylic acid groups (broad SMARTS) is 3. The molecule has 1 rings (SSSR count). The first-order valence-electron chi connectivity index (χ1n) is 10.5. The number of unbranched alkanes of at least 4 members (excludes halogenated alkanes) is 1. The molecule has 1 aliphatic heterocycles. The molecule has 1 fully saturated rings. The molecule has 0 bridgehead atoms. The summed E-state index contributed by atoms with van der Waals surface area (Å²) in [6, 6.07) is -5.31. The Morgan fingerprint density at radius 3 is 2.09 bits per heavy atom. The topological polar surface area (TPSA) is 242 Å². The Morgan fingerprint density at radius 1 is 0.939 bits per heavy atom. The van der Waals surface area contributed by atoms with Crippen LogP contribution in [-0.4, -0.2) is 93.1 Å². The summed E-state index contributed by atoms with van der Waals surface area (Å²) in [6.45, 7) is 0.717. The lowest BCUT2D eigenvalue weighted by Gasteiger charge is -2.28. The molecule has 0 aromatic heterocycles. The van der Waals surface area contributed by atoms with Gasteiger partial charge in [-0.05, 0) is 32.2 Å². The van der Waals surface area contributed by atoms with Gasteiger partial charge in [0.25, 0.3) is 0 Å². The third-order valence-electron chi connectivity index (χ3n) is 5.13. The number of rotatable bonds is 14. The van der Waals surface area contributed by atoms with E-state index in [1.807, 2.05) is 5.32 Å². The number of carbonyl (C=O) groups excluding carboxylic acids is 3. The molecule has 9 N–H and O–H groups in total. The molecule has 4 unspecified atom stereocenters. The van der Waals surface area contributed by atoms with Crippen molar-refractivity contribution in [1.29, 1.82) is 0 Å². The van der Waals surface area contributed by atoms with E-state index in [2.05, 4.69) is 5.32 Å². The van der Waals surface area contributed by atoms with Crippen molar-refractivity contribution in [1.82, 2.24) is 15.5 Å². The van der Waals surface area contributed by atoms with Gasteiger partial charge < -0.3 is 42.3 Å². The maximum Gasteiger partial charge on any atom is 0.326 e. The number of nitrogens with two attached hydrogens (primary N) is 2. The number of likely N-dealkylation sites (tertiary alicyclic amines) is 1. The van der Waals surface area contributed by atoms with Gasteiger partial charge in [0.2, 0.25) is 17.7 Å². The maximum absolute atomic E-state index is 12.8. The molecule has 0 aromatic carbocycles. The van der Waals surface area contributed by atoms with Crippen molar-refractivity contribution in [3.63, 3.8) is 0 Å². The van der Waals surface area contributed by atoms with E-state index < -0.39 is 72.6 Å². The molecular weight excluding hydrogens is 442 g/mol. The van der Waals surface area contributed by atoms with Crippen LogP contribution in [0.4, 0.5) is 0 Å². The second-order valence-electron chi connectivity index (χ2n) is 7.74. The summed E-state index contributed by atoms with van der Waals surface area (Å²) < 4.78 is 0. The highest BCUT2D eigenvalue weighted by Gasteiger charge is 2.38. The molecule has 3 amide bonds. The van der Waals surface area contributed by atoms with Gasteiger partial charge in [0.05, 0.1) is 18.9 Å². The largest absolute Gasteiger partial charge is 0.481 e. The number of carboxylic acids is 3. The van der Waals surface area contributed by atoms with Crippen molar-refractivity contribution >= 4 is 35.6 Å². The van der Waals surface area contributed by atoms with Crippen molar-refractivity contribution in [2.24, 2.45) is 11.5 Å². The Morgan fingerprint density at radius 2 is 1.55 bits per heavy atom. The van der Waals surface area contributed by atoms with E-state index in [1.54, 1.807) is 0 Å². The van der Waals surface area contributed by atoms with E-state index in [0.29, 0.717) is 32.2 Å². The summed E-state index contributed by atoms with van der Waals surface area (Å²) >= 11 is 0. The summed E-state index contributed by atoms with van der Waals surface area (Å²) in [5.41, 5.74) is 11.4. The number of nitrogens with zero attached hydrogens (tertiary/aromatic N) is 1. The molecule has 0 aliphatic carbocycles. The lowest BCUT2D eigenvalue weighted by atomic mass is 10.1. The standard InChI is InChI=1S/C19H31N5O9/c20-6-2-1-4-10(21)18(31)24-7-3-5-13(24)17(30)22-11(8-14(25)26)16(29)23-12(19(32)33)9-15(27)28/h10-13H,1-9,20-21H2,(H,22,30)(H,23,29)(H,25,26)(H,27,28)(H,32,33). The number of aliphatic carboxylic acids is 3. The van der Waals surface area contributed by atoms with Crippen LogP contribution in [0, 0.1) is 0 Å². The smallest absolute Gasteiger partial charge is 0.326 e. The fourth-order valence-corrected chi connectivity index (χ4v) is 3.45. The average molecular weight is 473 g/mol. The van der Waals surface area contributed by atoms with Gasteiger partial charge in [-0.25, -0.2) is 4.79 Å². The van der Waals surface area contributed by atoms with Crippen molar-refractivity contribution < 1.29 is 44.1 Å². The van der Waals surface area contributed by atoms with Gasteiger partial charge in [0.15, 0.2) is 0 Å². The van der Waals surface area contributed by atoms with E-state index in [9.17, 15) is 28.8 Å². The average Bonchev–Trinajstić information content (AvgIpc) is 3.21. The van der Waals surface area contributed by atoms with Crippen LogP contribution in [0.1, 0.15) is 44.9 Å². The van der Waals surface area contributed by atoms with Crippen molar-refractivity contribution in [3.8, 4) is 0 Å². The fourth-order valence-electron chi connectivity index (χ4n) is 3.45. The van der Waals surface area contributed by atoms with Crippen LogP contribution in [0.3, 0.4) is 0 Å². The van der Waals surface area contributed by atoms with E-state index in [4.69, 9.17) is 26.8 Å². The van der Waals surface area contributed by atoms with E-state index >= 15 is 0 Å². The van der Waals surface area contributed by atoms with Crippen molar-refractivity contribution in [2.75, 3.05) is 13.1 Å². The third kappa shape index (κ3) is 9.02. The summed E-state index contributed by atoms with van der Waals surface area (Å²) in [4.78, 5) is 72.3. The molecule has 14 nitrogen and oxygen atoms in total. The summed E-state index contributed by atoms with van der Waals surface area (Å²) in [6.07, 6.45) is 0.648. The van der Waals surface area contributed by atoms with Crippen LogP contribution in [0.2, 0.25) is 0 Å². The van der Waals surface area contributed by atoms with Crippen LogP contribution >= 0.6 is 0 Å². The highest BCUT2D eigenvalue weighted by molar-refractivity contribution is 5.96. The maximum atomic E-state index is 12.8. The Balaban J connectivity index is 2.88. The monoisotopic (exact) mass is 473 g/mol. The summed E-state index contributed by atoms with van der Waals surface area (Å²) in [5, 5.41) is 31.1. The Bertz CT molecular complexity index is 760. The number of amides is 3. The van der Waals surface area contributed by atoms with E-state index in [0.717, 1.165) is 0 Å². The number of hydrogen-bond donors (Lipinski definition) is 7. The second-order valence-corrected chi connectivity index (χ2v) is 7.74. The second kappa shape index (κ2) is 13.3. The van der Waals surface area contributed by atoms with Crippen molar-refractivity contribution in [2.45, 2.75) is 69.1 Å². The molecule has 1 heterocycles. The van der Waals surface area contributed by atoms with Gasteiger partial charge in [0, 0.05) is 6.54 Å². The van der Waals surface area contributed by atoms with Gasteiger partial charge in [-0.1, -0.05) is 6.42 Å². The molecule has 14 heteroatoms. The molecule has 1 saturated heterocycles. The first-order valence-corrected chi connectivity index (χ1v) is 10.5. The zero-order valence-electron chi connectivity index (χ0n) is 18.1. The lowest BCUT2D eigenvalue weighted by Crippen LogP contribution is -2.57. The van der Waals surface area contributed by atoms with Gasteiger partial charge in [-0.2, -0.15) is 0 Å². The Hall–Kier alpha value is -3.26. The third-order valence-corrected chi connectivity index (χ3v) is 5.13. The van der Waals surface area contributed by atoms with Gasteiger partial charge >= 0.3 is 17.9 Å². The quantitative estimate of drug-likeness (QED) is 0.129. The van der Waals surface area contributed by atoms with Crippen molar-refractivity contribution in [3.05, 3.63) is 0 Å². The molecule has 33 heavy (non-hydrogen) atoms. The zero-order valence-corrected chi connectivity index (χ0v) is 18.1. The van der Waals surface area contributed by atoms with E-state index in [1.165, 1.54) is 4.90 Å². The predicted molar refractivity (Wildman–Crippen MR) is 112 cm³/mol. The fraction of sp³-hybridized carbons (Fsp3) is 0.684. The normalized spacial score (nSPS) is 18.1. The molecule has 1 aliphatic rings. The minimum absolute atomic E-state index is 0.261. The van der Waals surface area contributed by atoms with E-state index in [-0.39, 0.29) is 13.0 Å². The van der Waals surface area contributed by atoms with Gasteiger partial charge in [-0.15, -0.1) is 0 Å². The Labute approximate surface area is 189 Å². The molecule has 0 aromatic rings. The molecule has 186 valence electrons. The molecule has 0 spiro atoms. The number of carbonyl (C=O) groups is 6. The molecule has 0 saturated carbocycles. The minimum Gasteiger partial charge on any atom is -0.481 e. The van der Waals surface area contributed by atoms with Gasteiger partial charge in [0.1, 0.15) is 18.1 Å². The Kier molecular flexibility index (Phi) is 11.2. The SMILES string of the molecule is NCCCCC(N)C(=O)N1CCCC1C(=O)NC(CC(=O)O)C(=O)NC(CC(=O)O)C(=O)O. The van der Waals surface area contributed by atoms with Crippen LogP contribution < -0.4 is 22.1 Å². The van der Waals surface area contributed by atoms with Crippen LogP contribution in [0.25, 0.3) is 0 Å². The first-order chi connectivity index (χ1) is 15.5. The zero-order chi connectivity index (χ0) is 25.1. The van der Waals surface area contributed by atoms with Crippen LogP contribution in [-0.2, 0) is 28.8 Å². The lowest BCUT2D eigenvalue weighted by molar-refractivity contribution is -0.148. The predicted octanol–water partition coefficient (Wildman–Crippen LogP) is -2.56. The molecule has 0 radical (unpaired) electrons. The minimum atomic E-state index is -1.82. The molecule has 4 atom stereocenters. The number of nitrogens with one attached hydrogen (secondary N) is 2. The first kappa shape index (κ1) is 27.8. The van der Waals surface area contributed by atoms with Crippen LogP contribution in [0.15, 0.2) is 0 Å². The van der Waals surface area contributed by atoms with Crippen LogP contribution in [0.5, 0.6) is 0 Å².